The van der Waals surface area contributed by atoms with Gasteiger partial charge in [-0.15, -0.1) is 0 Å². The largest absolute Gasteiger partial charge is 0.486 e. The molecule has 0 aliphatic carbocycles. The van der Waals surface area contributed by atoms with Gasteiger partial charge in [0.1, 0.15) is 13.2 Å². The van der Waals surface area contributed by atoms with Crippen LogP contribution in [0.15, 0.2) is 18.2 Å². The van der Waals surface area contributed by atoms with Crippen molar-refractivity contribution in [3.05, 3.63) is 23.8 Å². The maximum atomic E-state index is 12.2. The molecule has 0 aromatic heterocycles. The molecule has 2 heterocycles. The summed E-state index contributed by atoms with van der Waals surface area (Å²) in [5.74, 6) is 1.12. The predicted octanol–water partition coefficient (Wildman–Crippen LogP) is 0.549. The lowest BCUT2D eigenvalue weighted by Gasteiger charge is -2.21. The molecule has 0 saturated carbocycles. The summed E-state index contributed by atoms with van der Waals surface area (Å²) < 4.78 is 11.0. The number of amides is 1. The molecule has 2 aliphatic heterocycles. The van der Waals surface area contributed by atoms with Gasteiger partial charge in [0, 0.05) is 12.6 Å². The first-order chi connectivity index (χ1) is 8.84. The van der Waals surface area contributed by atoms with Gasteiger partial charge in [-0.3, -0.25) is 4.79 Å². The molecule has 1 aromatic carbocycles. The second kappa shape index (κ2) is 4.86. The average Bonchev–Trinajstić information content (AvgIpc) is 2.91. The molecule has 3 rings (SSSR count). The Kier molecular flexibility index (Phi) is 3.06. The quantitative estimate of drug-likeness (QED) is 0.802. The van der Waals surface area contributed by atoms with Crippen molar-refractivity contribution in [1.29, 1.82) is 0 Å². The van der Waals surface area contributed by atoms with Gasteiger partial charge in [-0.25, -0.2) is 0 Å². The third-order valence-electron chi connectivity index (χ3n) is 3.21. The lowest BCUT2D eigenvalue weighted by molar-refractivity contribution is 0.0929. The minimum atomic E-state index is -0.0916. The van der Waals surface area contributed by atoms with Gasteiger partial charge in [0.25, 0.3) is 5.91 Å². The molecule has 18 heavy (non-hydrogen) atoms. The van der Waals surface area contributed by atoms with E-state index in [1.165, 1.54) is 0 Å². The van der Waals surface area contributed by atoms with Crippen LogP contribution in [0.25, 0.3) is 0 Å². The summed E-state index contributed by atoms with van der Waals surface area (Å²) in [5, 5.41) is 6.23. The smallest absolute Gasteiger partial charge is 0.255 e. The van der Waals surface area contributed by atoms with E-state index in [-0.39, 0.29) is 11.9 Å². The van der Waals surface area contributed by atoms with E-state index in [0.717, 1.165) is 19.5 Å². The van der Waals surface area contributed by atoms with E-state index in [0.29, 0.717) is 30.3 Å². The van der Waals surface area contributed by atoms with Gasteiger partial charge in [0.05, 0.1) is 5.56 Å². The third-order valence-corrected chi connectivity index (χ3v) is 3.21. The zero-order valence-electron chi connectivity index (χ0n) is 10.1. The van der Waals surface area contributed by atoms with Crippen LogP contribution in [0.4, 0.5) is 0 Å². The number of hydrogen-bond acceptors (Lipinski definition) is 4. The Hall–Kier alpha value is -1.75. The second-order valence-electron chi connectivity index (χ2n) is 4.49. The number of carbonyl (C=O) groups is 1. The van der Waals surface area contributed by atoms with Crippen molar-refractivity contribution < 1.29 is 14.3 Å². The third kappa shape index (κ3) is 2.13. The molecular weight excluding hydrogens is 232 g/mol. The van der Waals surface area contributed by atoms with Gasteiger partial charge in [0.2, 0.25) is 0 Å². The molecule has 5 nitrogen and oxygen atoms in total. The fourth-order valence-electron chi connectivity index (χ4n) is 2.29. The van der Waals surface area contributed by atoms with Crippen molar-refractivity contribution in [2.45, 2.75) is 12.5 Å². The van der Waals surface area contributed by atoms with Crippen LogP contribution >= 0.6 is 0 Å². The molecule has 1 unspecified atom stereocenters. The second-order valence-corrected chi connectivity index (χ2v) is 4.49. The highest BCUT2D eigenvalue weighted by molar-refractivity contribution is 5.98. The van der Waals surface area contributed by atoms with Gasteiger partial charge >= 0.3 is 0 Å². The summed E-state index contributed by atoms with van der Waals surface area (Å²) in [6.45, 7) is 2.81. The predicted molar refractivity (Wildman–Crippen MR) is 66.2 cm³/mol. The van der Waals surface area contributed by atoms with Crippen molar-refractivity contribution in [2.24, 2.45) is 0 Å². The van der Waals surface area contributed by atoms with Crippen LogP contribution in [0.2, 0.25) is 0 Å². The van der Waals surface area contributed by atoms with Gasteiger partial charge in [-0.05, 0) is 25.1 Å². The average molecular weight is 248 g/mol. The number of benzene rings is 1. The Morgan fingerprint density at radius 1 is 1.33 bits per heavy atom. The lowest BCUT2D eigenvalue weighted by Crippen LogP contribution is -2.36. The summed E-state index contributed by atoms with van der Waals surface area (Å²) >= 11 is 0. The molecule has 1 fully saturated rings. The summed E-state index contributed by atoms with van der Waals surface area (Å²) in [4.78, 5) is 12.2. The van der Waals surface area contributed by atoms with Crippen molar-refractivity contribution in [2.75, 3.05) is 26.3 Å². The number of para-hydroxylation sites is 1. The van der Waals surface area contributed by atoms with Gasteiger partial charge in [-0.2, -0.15) is 0 Å². The number of carbonyl (C=O) groups excluding carboxylic acids is 1. The van der Waals surface area contributed by atoms with Crippen molar-refractivity contribution >= 4 is 5.91 Å². The van der Waals surface area contributed by atoms with Crippen LogP contribution < -0.4 is 20.1 Å². The number of fused-ring (bicyclic) bond motifs is 1. The first kappa shape index (κ1) is 11.3. The van der Waals surface area contributed by atoms with E-state index in [1.54, 1.807) is 6.07 Å². The molecule has 96 valence electrons. The van der Waals surface area contributed by atoms with Crippen LogP contribution in [0.1, 0.15) is 16.8 Å². The summed E-state index contributed by atoms with van der Waals surface area (Å²) in [6, 6.07) is 5.61. The fraction of sp³-hybridized carbons (Fsp3) is 0.462. The van der Waals surface area contributed by atoms with Gasteiger partial charge in [-0.1, -0.05) is 6.07 Å². The topological polar surface area (TPSA) is 59.6 Å². The maximum Gasteiger partial charge on any atom is 0.255 e. The fourth-order valence-corrected chi connectivity index (χ4v) is 2.29. The molecule has 1 aromatic rings. The summed E-state index contributed by atoms with van der Waals surface area (Å²) in [6.07, 6.45) is 0.970. The van der Waals surface area contributed by atoms with Gasteiger partial charge in [0.15, 0.2) is 11.5 Å². The van der Waals surface area contributed by atoms with Crippen molar-refractivity contribution in [3.63, 3.8) is 0 Å². The molecule has 1 atom stereocenters. The monoisotopic (exact) mass is 248 g/mol. The molecule has 1 amide bonds. The van der Waals surface area contributed by atoms with E-state index < -0.39 is 0 Å². The molecule has 0 radical (unpaired) electrons. The SMILES string of the molecule is O=C(NC1CCNC1)c1cccc2c1OCCO2. The first-order valence-corrected chi connectivity index (χ1v) is 6.25. The Labute approximate surface area is 105 Å². The first-order valence-electron chi connectivity index (χ1n) is 6.25. The van der Waals surface area contributed by atoms with Crippen LogP contribution in [0.5, 0.6) is 11.5 Å². The maximum absolute atomic E-state index is 12.2. The van der Waals surface area contributed by atoms with Crippen LogP contribution in [0, 0.1) is 0 Å². The highest BCUT2D eigenvalue weighted by Gasteiger charge is 2.23. The lowest BCUT2D eigenvalue weighted by atomic mass is 10.1. The van der Waals surface area contributed by atoms with Gasteiger partial charge < -0.3 is 20.1 Å². The standard InChI is InChI=1S/C13H16N2O3/c16-13(15-9-4-5-14-8-9)10-2-1-3-11-12(10)18-7-6-17-11/h1-3,9,14H,4-8H2,(H,15,16). The Morgan fingerprint density at radius 2 is 2.22 bits per heavy atom. The molecule has 1 saturated heterocycles. The molecule has 2 aliphatic rings. The van der Waals surface area contributed by atoms with E-state index in [2.05, 4.69) is 10.6 Å². The van der Waals surface area contributed by atoms with Crippen LogP contribution in [0.3, 0.4) is 0 Å². The number of hydrogen-bond donors (Lipinski definition) is 2. The van der Waals surface area contributed by atoms with Crippen LogP contribution in [-0.2, 0) is 0 Å². The molecule has 5 heteroatoms. The Balaban J connectivity index is 1.80. The van der Waals surface area contributed by atoms with E-state index in [9.17, 15) is 4.79 Å². The highest BCUT2D eigenvalue weighted by atomic mass is 16.6. The van der Waals surface area contributed by atoms with Crippen molar-refractivity contribution in [3.8, 4) is 11.5 Å². The summed E-state index contributed by atoms with van der Waals surface area (Å²) in [7, 11) is 0. The molecule has 2 N–H and O–H groups in total. The van der Waals surface area contributed by atoms with Crippen molar-refractivity contribution in [1.82, 2.24) is 10.6 Å². The Morgan fingerprint density at radius 3 is 3.06 bits per heavy atom. The summed E-state index contributed by atoms with van der Waals surface area (Å²) in [5.41, 5.74) is 0.555. The Bertz CT molecular complexity index is 456. The zero-order valence-corrected chi connectivity index (χ0v) is 10.1. The number of nitrogens with one attached hydrogen (secondary N) is 2. The minimum absolute atomic E-state index is 0.0916. The van der Waals surface area contributed by atoms with E-state index in [1.807, 2.05) is 12.1 Å². The minimum Gasteiger partial charge on any atom is -0.486 e. The number of ether oxygens (including phenoxy) is 2. The molecular formula is C13H16N2O3. The molecule has 0 bridgehead atoms. The highest BCUT2D eigenvalue weighted by Crippen LogP contribution is 2.33. The van der Waals surface area contributed by atoms with E-state index >= 15 is 0 Å². The van der Waals surface area contributed by atoms with Crippen LogP contribution in [-0.4, -0.2) is 38.3 Å². The zero-order chi connectivity index (χ0) is 12.4. The number of rotatable bonds is 2. The molecule has 0 spiro atoms. The van der Waals surface area contributed by atoms with E-state index in [4.69, 9.17) is 9.47 Å². The normalized spacial score (nSPS) is 21.7.